The molecule has 130 valence electrons. The van der Waals surface area contributed by atoms with Gasteiger partial charge in [0.2, 0.25) is 0 Å². The van der Waals surface area contributed by atoms with Gasteiger partial charge in [0.25, 0.3) is 0 Å². The summed E-state index contributed by atoms with van der Waals surface area (Å²) in [6.45, 7) is 1.64. The molecule has 0 aromatic heterocycles. The molecule has 0 saturated heterocycles. The molecule has 0 radical (unpaired) electrons. The van der Waals surface area contributed by atoms with Crippen molar-refractivity contribution in [2.75, 3.05) is 6.61 Å². The maximum atomic E-state index is 12.3. The Kier molecular flexibility index (Phi) is 6.60. The SMILES string of the molecule is CCOC(=O)CCc1cc(SC(F)(F)F)ccc1OC(F)(F)F. The van der Waals surface area contributed by atoms with Crippen LogP contribution in [0.25, 0.3) is 0 Å². The first kappa shape index (κ1) is 19.5. The number of halogens is 6. The molecule has 0 saturated carbocycles. The lowest BCUT2D eigenvalue weighted by Gasteiger charge is -2.15. The van der Waals surface area contributed by atoms with Gasteiger partial charge in [-0.2, -0.15) is 13.2 Å². The molecule has 1 aromatic rings. The van der Waals surface area contributed by atoms with Crippen LogP contribution >= 0.6 is 11.8 Å². The van der Waals surface area contributed by atoms with E-state index in [9.17, 15) is 31.1 Å². The minimum Gasteiger partial charge on any atom is -0.466 e. The lowest BCUT2D eigenvalue weighted by atomic mass is 10.1. The molecule has 0 bridgehead atoms. The van der Waals surface area contributed by atoms with E-state index in [4.69, 9.17) is 0 Å². The van der Waals surface area contributed by atoms with Crippen molar-refractivity contribution in [1.29, 1.82) is 0 Å². The lowest BCUT2D eigenvalue weighted by Crippen LogP contribution is -2.18. The molecule has 0 atom stereocenters. The molecule has 1 aromatic carbocycles. The van der Waals surface area contributed by atoms with Crippen molar-refractivity contribution < 1.29 is 40.6 Å². The molecule has 0 N–H and O–H groups in total. The van der Waals surface area contributed by atoms with Gasteiger partial charge in [-0.15, -0.1) is 13.2 Å². The zero-order chi connectivity index (χ0) is 17.7. The summed E-state index contributed by atoms with van der Waals surface area (Å²) in [6, 6.07) is 2.58. The second-order valence-corrected chi connectivity index (χ2v) is 5.31. The van der Waals surface area contributed by atoms with Gasteiger partial charge in [-0.05, 0) is 48.9 Å². The lowest BCUT2D eigenvalue weighted by molar-refractivity contribution is -0.274. The van der Waals surface area contributed by atoms with Crippen LogP contribution in [0.15, 0.2) is 23.1 Å². The Morgan fingerprint density at radius 1 is 1.17 bits per heavy atom. The summed E-state index contributed by atoms with van der Waals surface area (Å²) in [6.07, 6.45) is -5.50. The minimum absolute atomic E-state index is 0.0920. The van der Waals surface area contributed by atoms with Crippen molar-refractivity contribution in [1.82, 2.24) is 0 Å². The van der Waals surface area contributed by atoms with E-state index in [1.807, 2.05) is 0 Å². The molecule has 0 aliphatic heterocycles. The first-order chi connectivity index (χ1) is 10.5. The maximum Gasteiger partial charge on any atom is 0.573 e. The molecule has 10 heteroatoms. The van der Waals surface area contributed by atoms with Crippen molar-refractivity contribution >= 4 is 17.7 Å². The van der Waals surface area contributed by atoms with Gasteiger partial charge in [-0.25, -0.2) is 0 Å². The Morgan fingerprint density at radius 2 is 1.83 bits per heavy atom. The number of ether oxygens (including phenoxy) is 2. The van der Waals surface area contributed by atoms with Gasteiger partial charge in [0.05, 0.1) is 6.61 Å². The highest BCUT2D eigenvalue weighted by Crippen LogP contribution is 2.39. The largest absolute Gasteiger partial charge is 0.573 e. The van der Waals surface area contributed by atoms with Crippen LogP contribution in [0.3, 0.4) is 0 Å². The molecule has 23 heavy (non-hydrogen) atoms. The monoisotopic (exact) mass is 362 g/mol. The summed E-state index contributed by atoms with van der Waals surface area (Å²) < 4.78 is 82.3. The van der Waals surface area contributed by atoms with Crippen molar-refractivity contribution in [2.45, 2.75) is 36.5 Å². The van der Waals surface area contributed by atoms with Crippen molar-refractivity contribution in [3.63, 3.8) is 0 Å². The second-order valence-electron chi connectivity index (χ2n) is 4.17. The summed E-state index contributed by atoms with van der Waals surface area (Å²) in [5.41, 5.74) is -4.74. The van der Waals surface area contributed by atoms with Crippen molar-refractivity contribution in [3.05, 3.63) is 23.8 Å². The smallest absolute Gasteiger partial charge is 0.466 e. The first-order valence-corrected chi connectivity index (χ1v) is 7.12. The highest BCUT2D eigenvalue weighted by Gasteiger charge is 2.33. The Morgan fingerprint density at radius 3 is 2.35 bits per heavy atom. The fraction of sp³-hybridized carbons (Fsp3) is 0.462. The third-order valence-electron chi connectivity index (χ3n) is 2.40. The van der Waals surface area contributed by atoms with Crippen LogP contribution in [0.4, 0.5) is 26.3 Å². The molecular formula is C13H12F6O3S. The number of aryl methyl sites for hydroxylation is 1. The van der Waals surface area contributed by atoms with Gasteiger partial charge >= 0.3 is 17.8 Å². The Hall–Kier alpha value is -1.58. The van der Waals surface area contributed by atoms with E-state index in [1.165, 1.54) is 0 Å². The summed E-state index contributed by atoms with van der Waals surface area (Å²) in [7, 11) is 0. The molecule has 0 unspecified atom stereocenters. The molecule has 3 nitrogen and oxygen atoms in total. The third-order valence-corrected chi connectivity index (χ3v) is 3.12. The quantitative estimate of drug-likeness (QED) is 0.418. The Labute approximate surface area is 131 Å². The number of rotatable bonds is 6. The van der Waals surface area contributed by atoms with E-state index in [-0.39, 0.29) is 29.9 Å². The van der Waals surface area contributed by atoms with E-state index in [2.05, 4.69) is 9.47 Å². The van der Waals surface area contributed by atoms with Gasteiger partial charge in [0.15, 0.2) is 0 Å². The number of thioether (sulfide) groups is 1. The number of carbonyl (C=O) groups is 1. The van der Waals surface area contributed by atoms with Gasteiger partial charge in [-0.3, -0.25) is 4.79 Å². The molecule has 0 spiro atoms. The predicted octanol–water partition coefficient (Wildman–Crippen LogP) is 4.69. The number of hydrogen-bond acceptors (Lipinski definition) is 4. The van der Waals surface area contributed by atoms with Gasteiger partial charge in [-0.1, -0.05) is 0 Å². The Bertz CT molecular complexity index is 541. The molecular weight excluding hydrogens is 350 g/mol. The predicted molar refractivity (Wildman–Crippen MR) is 70.0 cm³/mol. The molecule has 0 fully saturated rings. The molecule has 0 aliphatic carbocycles. The standard InChI is InChI=1S/C13H12F6O3S/c1-2-21-11(20)6-3-8-7-9(23-13(17,18)19)4-5-10(8)22-12(14,15)16/h4-5,7H,2-3,6H2,1H3. The number of benzene rings is 1. The Balaban J connectivity index is 2.98. The van der Waals surface area contributed by atoms with Gasteiger partial charge in [0.1, 0.15) is 5.75 Å². The normalized spacial score (nSPS) is 12.1. The highest BCUT2D eigenvalue weighted by molar-refractivity contribution is 8.00. The molecule has 0 heterocycles. The summed E-state index contributed by atoms with van der Waals surface area (Å²) >= 11 is -0.467. The fourth-order valence-electron chi connectivity index (χ4n) is 1.64. The van der Waals surface area contributed by atoms with Crippen LogP contribution < -0.4 is 4.74 Å². The number of esters is 1. The van der Waals surface area contributed by atoms with Crippen LogP contribution in [-0.2, 0) is 16.0 Å². The van der Waals surface area contributed by atoms with Crippen LogP contribution in [0.2, 0.25) is 0 Å². The molecule has 1 rings (SSSR count). The van der Waals surface area contributed by atoms with Gasteiger partial charge in [0, 0.05) is 11.3 Å². The average Bonchev–Trinajstić information content (AvgIpc) is 2.36. The van der Waals surface area contributed by atoms with Gasteiger partial charge < -0.3 is 9.47 Å². The van der Waals surface area contributed by atoms with Crippen LogP contribution in [0, 0.1) is 0 Å². The first-order valence-electron chi connectivity index (χ1n) is 6.30. The van der Waals surface area contributed by atoms with Crippen LogP contribution in [0.1, 0.15) is 18.9 Å². The highest BCUT2D eigenvalue weighted by atomic mass is 32.2. The minimum atomic E-state index is -4.99. The topological polar surface area (TPSA) is 35.5 Å². The number of hydrogen-bond donors (Lipinski definition) is 0. The fourth-order valence-corrected chi connectivity index (χ4v) is 2.25. The van der Waals surface area contributed by atoms with E-state index < -0.39 is 35.4 Å². The maximum absolute atomic E-state index is 12.3. The number of carbonyl (C=O) groups excluding carboxylic acids is 1. The van der Waals surface area contributed by atoms with E-state index >= 15 is 0 Å². The number of alkyl halides is 6. The zero-order valence-corrected chi connectivity index (χ0v) is 12.6. The summed E-state index contributed by atoms with van der Waals surface area (Å²) in [5, 5.41) is 0. The third kappa shape index (κ3) is 8.00. The van der Waals surface area contributed by atoms with Crippen molar-refractivity contribution in [2.24, 2.45) is 0 Å². The summed E-state index contributed by atoms with van der Waals surface area (Å²) in [4.78, 5) is 11.0. The second kappa shape index (κ2) is 7.80. The van der Waals surface area contributed by atoms with E-state index in [0.717, 1.165) is 18.2 Å². The van der Waals surface area contributed by atoms with E-state index in [1.54, 1.807) is 6.92 Å². The van der Waals surface area contributed by atoms with Crippen LogP contribution in [0.5, 0.6) is 5.75 Å². The molecule has 0 amide bonds. The van der Waals surface area contributed by atoms with Crippen LogP contribution in [-0.4, -0.2) is 24.4 Å². The van der Waals surface area contributed by atoms with E-state index in [0.29, 0.717) is 0 Å². The molecule has 0 aliphatic rings. The zero-order valence-electron chi connectivity index (χ0n) is 11.8. The van der Waals surface area contributed by atoms with Crippen molar-refractivity contribution in [3.8, 4) is 5.75 Å². The average molecular weight is 362 g/mol. The summed E-state index contributed by atoms with van der Waals surface area (Å²) in [5.74, 6) is -1.31.